The van der Waals surface area contributed by atoms with Gasteiger partial charge in [0.05, 0.1) is 5.92 Å². The van der Waals surface area contributed by atoms with Gasteiger partial charge in [0.1, 0.15) is 17.4 Å². The van der Waals surface area contributed by atoms with E-state index in [0.29, 0.717) is 24.1 Å². The molecule has 4 rings (SSSR count). The van der Waals surface area contributed by atoms with Crippen LogP contribution in [0, 0.1) is 5.92 Å². The van der Waals surface area contributed by atoms with Gasteiger partial charge in [-0.2, -0.15) is 0 Å². The van der Waals surface area contributed by atoms with Crippen LogP contribution in [-0.2, 0) is 4.79 Å². The minimum Gasteiger partial charge on any atom is -0.401 e. The third-order valence-corrected chi connectivity index (χ3v) is 7.45. The number of hydrogen-bond donors (Lipinski definition) is 2. The highest BCUT2D eigenvalue weighted by atomic mass is 16.1. The van der Waals surface area contributed by atoms with Crippen LogP contribution in [0.25, 0.3) is 0 Å². The summed E-state index contributed by atoms with van der Waals surface area (Å²) in [5.41, 5.74) is 7.51. The van der Waals surface area contributed by atoms with E-state index in [1.165, 1.54) is 0 Å². The fourth-order valence-corrected chi connectivity index (χ4v) is 5.25. The Morgan fingerprint density at radius 3 is 2.43 bits per heavy atom. The maximum Gasteiger partial charge on any atom is 0.228 e. The zero-order valence-electron chi connectivity index (χ0n) is 21.4. The summed E-state index contributed by atoms with van der Waals surface area (Å²) in [4.78, 5) is 42.8. The molecule has 2 aliphatic heterocycles. The van der Waals surface area contributed by atoms with Crippen molar-refractivity contribution in [1.29, 1.82) is 0 Å². The van der Waals surface area contributed by atoms with Crippen LogP contribution in [0.2, 0.25) is 0 Å². The van der Waals surface area contributed by atoms with E-state index >= 15 is 0 Å². The third-order valence-electron chi connectivity index (χ3n) is 7.45. The highest BCUT2D eigenvalue weighted by Gasteiger charge is 2.30. The molecule has 3 N–H and O–H groups in total. The Morgan fingerprint density at radius 2 is 1.74 bits per heavy atom. The molecule has 3 heterocycles. The number of likely N-dealkylation sites (N-methyl/N-ethyl adjacent to an activating group) is 1. The number of ketones is 2. The molecular formula is C26H41N7O2. The monoisotopic (exact) mass is 483 g/mol. The van der Waals surface area contributed by atoms with Crippen molar-refractivity contribution in [3.8, 4) is 0 Å². The van der Waals surface area contributed by atoms with Gasteiger partial charge in [-0.05, 0) is 39.3 Å². The number of nitrogens with zero attached hydrogens (tertiary/aromatic N) is 5. The van der Waals surface area contributed by atoms with Gasteiger partial charge in [-0.3, -0.25) is 9.59 Å². The van der Waals surface area contributed by atoms with Crippen molar-refractivity contribution in [3.63, 3.8) is 0 Å². The van der Waals surface area contributed by atoms with E-state index in [9.17, 15) is 9.59 Å². The Bertz CT molecular complexity index is 932. The van der Waals surface area contributed by atoms with Crippen molar-refractivity contribution in [2.75, 3.05) is 69.2 Å². The summed E-state index contributed by atoms with van der Waals surface area (Å²) in [5.74, 6) is 1.36. The molecule has 3 fully saturated rings. The minimum atomic E-state index is -0.355. The molecule has 192 valence electrons. The normalized spacial score (nSPS) is 23.1. The lowest BCUT2D eigenvalue weighted by Crippen LogP contribution is -2.45. The van der Waals surface area contributed by atoms with Crippen LogP contribution in [0.4, 0.5) is 11.6 Å². The van der Waals surface area contributed by atoms with E-state index in [1.54, 1.807) is 0 Å². The standard InChI is InChI=1S/C26H41N7O2/c1-3-7-20(24(27)19-8-4-5-9-21(19)34)25(35)26-29-22(32-12-6-10-28-11-13-32)18-23(30-26)33-16-14-31(2)15-17-33/h18-19,28H,3-17,27H2,1-2H3/b24-20-/t19-/m0/s1. The van der Waals surface area contributed by atoms with E-state index in [2.05, 4.69) is 27.1 Å². The number of carbonyl (C=O) groups is 2. The molecule has 2 saturated heterocycles. The van der Waals surface area contributed by atoms with Gasteiger partial charge in [0.25, 0.3) is 0 Å². The van der Waals surface area contributed by atoms with Crippen LogP contribution in [0.3, 0.4) is 0 Å². The Balaban J connectivity index is 1.71. The smallest absolute Gasteiger partial charge is 0.228 e. The van der Waals surface area contributed by atoms with Gasteiger partial charge < -0.3 is 25.8 Å². The molecule has 1 atom stereocenters. The molecule has 0 amide bonds. The van der Waals surface area contributed by atoms with Gasteiger partial charge in [0, 0.05) is 69.6 Å². The Kier molecular flexibility index (Phi) is 8.73. The highest BCUT2D eigenvalue weighted by Crippen LogP contribution is 2.29. The fraction of sp³-hybridized carbons (Fsp3) is 0.692. The van der Waals surface area contributed by atoms with Crippen LogP contribution >= 0.6 is 0 Å². The summed E-state index contributed by atoms with van der Waals surface area (Å²) in [6, 6.07) is 2.03. The number of nitrogens with two attached hydrogens (primary N) is 1. The SMILES string of the molecule is CCC/C(C(=O)c1nc(N2CCCNCC2)cc(N2CCN(C)CC2)n1)=C(/N)[C@H]1CCCCC1=O. The maximum absolute atomic E-state index is 13.9. The minimum absolute atomic E-state index is 0.153. The molecule has 35 heavy (non-hydrogen) atoms. The Labute approximate surface area is 209 Å². The third kappa shape index (κ3) is 6.19. The number of nitrogens with one attached hydrogen (secondary N) is 1. The molecule has 1 aliphatic carbocycles. The average Bonchev–Trinajstić information content (AvgIpc) is 3.17. The molecular weight excluding hydrogens is 442 g/mol. The molecule has 1 aromatic rings. The summed E-state index contributed by atoms with van der Waals surface area (Å²) in [6.45, 7) is 9.24. The lowest BCUT2D eigenvalue weighted by Gasteiger charge is -2.34. The molecule has 0 spiro atoms. The first-order chi connectivity index (χ1) is 17.0. The number of rotatable bonds is 7. The lowest BCUT2D eigenvalue weighted by atomic mass is 9.83. The van der Waals surface area contributed by atoms with E-state index in [4.69, 9.17) is 15.7 Å². The van der Waals surface area contributed by atoms with Crippen molar-refractivity contribution in [2.24, 2.45) is 11.7 Å². The predicted octanol–water partition coefficient (Wildman–Crippen LogP) is 1.98. The van der Waals surface area contributed by atoms with Crippen LogP contribution in [-0.4, -0.2) is 85.8 Å². The number of carbonyl (C=O) groups excluding carboxylic acids is 2. The number of allylic oxidation sites excluding steroid dienone is 2. The first-order valence-electron chi connectivity index (χ1n) is 13.3. The second-order valence-electron chi connectivity index (χ2n) is 10.1. The second-order valence-corrected chi connectivity index (χ2v) is 10.1. The quantitative estimate of drug-likeness (QED) is 0.445. The van der Waals surface area contributed by atoms with E-state index in [1.807, 2.05) is 13.0 Å². The van der Waals surface area contributed by atoms with E-state index in [-0.39, 0.29) is 23.3 Å². The predicted molar refractivity (Wildman–Crippen MR) is 139 cm³/mol. The van der Waals surface area contributed by atoms with Gasteiger partial charge in [-0.15, -0.1) is 0 Å². The molecule has 0 radical (unpaired) electrons. The molecule has 9 nitrogen and oxygen atoms in total. The van der Waals surface area contributed by atoms with Crippen molar-refractivity contribution in [1.82, 2.24) is 20.2 Å². The fourth-order valence-electron chi connectivity index (χ4n) is 5.25. The van der Waals surface area contributed by atoms with Gasteiger partial charge in [0.15, 0.2) is 0 Å². The first-order valence-corrected chi connectivity index (χ1v) is 13.3. The zero-order chi connectivity index (χ0) is 24.8. The van der Waals surface area contributed by atoms with Crippen molar-refractivity contribution in [3.05, 3.63) is 23.2 Å². The summed E-state index contributed by atoms with van der Waals surface area (Å²) in [6.07, 6.45) is 5.46. The highest BCUT2D eigenvalue weighted by molar-refractivity contribution is 6.07. The van der Waals surface area contributed by atoms with E-state index in [0.717, 1.165) is 96.1 Å². The van der Waals surface area contributed by atoms with Crippen molar-refractivity contribution in [2.45, 2.75) is 51.9 Å². The largest absolute Gasteiger partial charge is 0.401 e. The van der Waals surface area contributed by atoms with E-state index < -0.39 is 0 Å². The van der Waals surface area contributed by atoms with Crippen molar-refractivity contribution < 1.29 is 9.59 Å². The summed E-state index contributed by atoms with van der Waals surface area (Å²) < 4.78 is 0. The topological polar surface area (TPSA) is 108 Å². The average molecular weight is 484 g/mol. The van der Waals surface area contributed by atoms with Crippen LogP contribution < -0.4 is 20.9 Å². The lowest BCUT2D eigenvalue weighted by molar-refractivity contribution is -0.123. The second kappa shape index (κ2) is 11.9. The van der Waals surface area contributed by atoms with Crippen LogP contribution in [0.5, 0.6) is 0 Å². The number of Topliss-reactive ketones (excluding diaryl/α,β-unsaturated/α-hetero) is 2. The van der Waals surface area contributed by atoms with Gasteiger partial charge in [0.2, 0.25) is 11.6 Å². The number of aromatic nitrogens is 2. The number of hydrogen-bond acceptors (Lipinski definition) is 9. The maximum atomic E-state index is 13.9. The molecule has 0 aromatic carbocycles. The van der Waals surface area contributed by atoms with Gasteiger partial charge in [-0.1, -0.05) is 19.8 Å². The molecule has 9 heteroatoms. The Hall–Kier alpha value is -2.52. The number of anilines is 2. The zero-order valence-corrected chi connectivity index (χ0v) is 21.4. The molecule has 1 saturated carbocycles. The van der Waals surface area contributed by atoms with Gasteiger partial charge in [-0.25, -0.2) is 9.97 Å². The molecule has 3 aliphatic rings. The molecule has 1 aromatic heterocycles. The number of piperazine rings is 1. The summed E-state index contributed by atoms with van der Waals surface area (Å²) in [7, 11) is 2.12. The van der Waals surface area contributed by atoms with Crippen LogP contribution in [0.1, 0.15) is 62.5 Å². The van der Waals surface area contributed by atoms with Crippen LogP contribution in [0.15, 0.2) is 17.3 Å². The first kappa shape index (κ1) is 25.6. The molecule has 0 unspecified atom stereocenters. The summed E-state index contributed by atoms with van der Waals surface area (Å²) in [5, 5.41) is 3.43. The van der Waals surface area contributed by atoms with Gasteiger partial charge >= 0.3 is 0 Å². The van der Waals surface area contributed by atoms with Crippen molar-refractivity contribution >= 4 is 23.2 Å². The molecule has 0 bridgehead atoms. The summed E-state index contributed by atoms with van der Waals surface area (Å²) >= 11 is 0. The Morgan fingerprint density at radius 1 is 1.03 bits per heavy atom.